The van der Waals surface area contributed by atoms with Crippen molar-refractivity contribution in [1.82, 2.24) is 25.1 Å². The van der Waals surface area contributed by atoms with Gasteiger partial charge in [0.1, 0.15) is 11.5 Å². The van der Waals surface area contributed by atoms with Crippen LogP contribution in [0.2, 0.25) is 0 Å². The Morgan fingerprint density at radius 1 is 0.868 bits per heavy atom. The van der Waals surface area contributed by atoms with Gasteiger partial charge < -0.3 is 48.4 Å². The minimum absolute atomic E-state index is 0.0329. The van der Waals surface area contributed by atoms with Crippen LogP contribution in [-0.2, 0) is 42.3 Å². The van der Waals surface area contributed by atoms with Gasteiger partial charge in [-0.2, -0.15) is 0 Å². The molecule has 2 aromatic rings. The van der Waals surface area contributed by atoms with E-state index in [1.165, 1.54) is 29.7 Å². The summed E-state index contributed by atoms with van der Waals surface area (Å²) in [6.07, 6.45) is -3.06. The van der Waals surface area contributed by atoms with E-state index in [2.05, 4.69) is 10.3 Å². The zero-order valence-corrected chi connectivity index (χ0v) is 30.9. The van der Waals surface area contributed by atoms with E-state index < -0.39 is 56.9 Å². The van der Waals surface area contributed by atoms with E-state index in [1.807, 2.05) is 11.0 Å². The van der Waals surface area contributed by atoms with E-state index in [1.54, 1.807) is 38.3 Å². The highest BCUT2D eigenvalue weighted by atomic mass is 31.1. The van der Waals surface area contributed by atoms with Crippen LogP contribution in [0.15, 0.2) is 36.4 Å². The van der Waals surface area contributed by atoms with E-state index in [0.717, 1.165) is 6.42 Å². The highest BCUT2D eigenvalue weighted by Gasteiger charge is 2.40. The summed E-state index contributed by atoms with van der Waals surface area (Å²) in [5.74, 6) is -0.715. The molecular weight excluding hydrogens is 719 g/mol. The van der Waals surface area contributed by atoms with Crippen LogP contribution in [0.4, 0.5) is 20.2 Å². The van der Waals surface area contributed by atoms with E-state index in [9.17, 15) is 28.5 Å². The molecule has 0 saturated carbocycles. The lowest BCUT2D eigenvalue weighted by atomic mass is 10.2. The van der Waals surface area contributed by atoms with Crippen LogP contribution in [0.1, 0.15) is 37.7 Å². The number of amides is 3. The molecule has 2 aliphatic heterocycles. The third-order valence-electron chi connectivity index (χ3n) is 7.94. The molecule has 1 aromatic carbocycles. The largest absolute Gasteiger partial charge is 0.518 e. The number of hydrogen-bond donors (Lipinski definition) is 1. The Labute approximate surface area is 307 Å². The third-order valence-corrected chi connectivity index (χ3v) is 9.02. The molecule has 4 rings (SSSR count). The van der Waals surface area contributed by atoms with Gasteiger partial charge >= 0.3 is 32.9 Å². The second-order valence-electron chi connectivity index (χ2n) is 11.4. The van der Waals surface area contributed by atoms with Crippen molar-refractivity contribution in [3.63, 3.8) is 0 Å². The number of carbonyl (C=O) groups is 5. The first-order valence-electron chi connectivity index (χ1n) is 17.1. The van der Waals surface area contributed by atoms with Gasteiger partial charge in [0.2, 0.25) is 12.1 Å². The highest BCUT2D eigenvalue weighted by molar-refractivity contribution is 7.39. The van der Waals surface area contributed by atoms with Crippen molar-refractivity contribution in [3.8, 4) is 11.4 Å². The second-order valence-corrected chi connectivity index (χ2v) is 12.7. The van der Waals surface area contributed by atoms with Crippen molar-refractivity contribution in [2.75, 3.05) is 77.3 Å². The van der Waals surface area contributed by atoms with Crippen LogP contribution in [0.25, 0.3) is 11.4 Å². The second kappa shape index (κ2) is 20.2. The first-order valence-corrected chi connectivity index (χ1v) is 18.4. The summed E-state index contributed by atoms with van der Waals surface area (Å²) < 4.78 is 48.2. The summed E-state index contributed by atoms with van der Waals surface area (Å²) in [7, 11) is -1.37. The molecule has 3 amide bonds. The first-order chi connectivity index (χ1) is 25.5. The molecule has 0 bridgehead atoms. The Balaban J connectivity index is 1.60. The Hall–Kier alpha value is -5.13. The fourth-order valence-corrected chi connectivity index (χ4v) is 6.25. The Morgan fingerprint density at radius 3 is 2.08 bits per heavy atom. The molecule has 53 heavy (non-hydrogen) atoms. The summed E-state index contributed by atoms with van der Waals surface area (Å²) in [5, 5.41) is 2.63. The topological polar surface area (TPSA) is 215 Å². The number of nitrogens with zero attached hydrogens (tertiary/aromatic N) is 5. The van der Waals surface area contributed by atoms with Crippen LogP contribution in [0.5, 0.6) is 0 Å². The molecule has 3 heterocycles. The van der Waals surface area contributed by atoms with Gasteiger partial charge in [-0.15, -0.1) is 0 Å². The van der Waals surface area contributed by atoms with Gasteiger partial charge in [-0.1, -0.05) is 34.9 Å². The summed E-state index contributed by atoms with van der Waals surface area (Å²) in [4.78, 5) is 78.2. The summed E-state index contributed by atoms with van der Waals surface area (Å²) in [6.45, 7) is 4.09. The number of carbonyl (C=O) groups excluding carboxylic acids is 5. The van der Waals surface area contributed by atoms with E-state index in [-0.39, 0.29) is 63.6 Å². The maximum atomic E-state index is 14.0. The molecule has 19 nitrogen and oxygen atoms in total. The van der Waals surface area contributed by atoms with Crippen molar-refractivity contribution in [1.29, 1.82) is 0 Å². The molecule has 2 aliphatic rings. The average molecular weight is 764 g/mol. The lowest BCUT2D eigenvalue weighted by Gasteiger charge is -2.35. The molecule has 1 aromatic heterocycles. The highest BCUT2D eigenvalue weighted by Crippen LogP contribution is 2.29. The molecule has 0 spiro atoms. The molecule has 0 radical (unpaired) electrons. The zero-order chi connectivity index (χ0) is 38.3. The van der Waals surface area contributed by atoms with Crippen molar-refractivity contribution in [2.24, 2.45) is 0 Å². The van der Waals surface area contributed by atoms with Crippen LogP contribution < -0.4 is 10.2 Å². The number of anilines is 1. The van der Waals surface area contributed by atoms with Crippen LogP contribution >= 0.6 is 8.03 Å². The van der Waals surface area contributed by atoms with Crippen molar-refractivity contribution in [3.05, 3.63) is 42.1 Å². The number of nitrogens with one attached hydrogen (secondary N) is 1. The van der Waals surface area contributed by atoms with Gasteiger partial charge in [0.25, 0.3) is 5.91 Å². The van der Waals surface area contributed by atoms with E-state index in [0.29, 0.717) is 24.5 Å². The quantitative estimate of drug-likeness (QED) is 0.119. The molecule has 1 N–H and O–H groups in total. The summed E-state index contributed by atoms with van der Waals surface area (Å²) in [6, 6.07) is 9.02. The van der Waals surface area contributed by atoms with Gasteiger partial charge in [-0.25, -0.2) is 24.4 Å². The minimum Gasteiger partial charge on any atom is -0.450 e. The molecule has 3 atom stereocenters. The zero-order valence-electron chi connectivity index (χ0n) is 30.0. The molecule has 0 aliphatic carbocycles. The Bertz CT molecular complexity index is 1570. The van der Waals surface area contributed by atoms with Crippen molar-refractivity contribution in [2.45, 2.75) is 45.8 Å². The molecular formula is C33H44N6O13P+. The number of hydrogen-bond acceptors (Lipinski definition) is 16. The lowest BCUT2D eigenvalue weighted by Crippen LogP contribution is -2.56. The number of aromatic nitrogens is 2. The maximum absolute atomic E-state index is 14.0. The minimum atomic E-state index is -3.00. The lowest BCUT2D eigenvalue weighted by molar-refractivity contribution is -0.199. The van der Waals surface area contributed by atoms with Crippen molar-refractivity contribution < 1.29 is 61.5 Å². The summed E-state index contributed by atoms with van der Waals surface area (Å²) >= 11 is 0. The Morgan fingerprint density at radius 2 is 1.49 bits per heavy atom. The first kappa shape index (κ1) is 40.6. The summed E-state index contributed by atoms with van der Waals surface area (Å²) in [5.41, 5.74) is 0.564. The maximum Gasteiger partial charge on any atom is 0.518 e. The SMILES string of the molecule is CCOC(=O)OC(OC(=O)OCC)O[P+](=O)C[C@H](NC(=O)c1cc(N2CC[C@H](OC)C2)nc(-c2ccccc2)n1)C(=O)N1CCN(C(=O)OCC)CC1. The monoisotopic (exact) mass is 763 g/mol. The normalized spacial score (nSPS) is 16.4. The standard InChI is InChI=1S/C33H43N6O13P/c1-5-47-30(42)38-17-15-37(16-18-38)29(41)25(21-53(45)52-33(50-31(43)48-6-2)51-32(44)49-7-3)35-28(40)24-19-26(39-14-13-23(20-39)46-4)36-27(34-24)22-11-9-8-10-12-22/h8-12,19,23,25,33H,5-7,13-18,20-21H2,1-4H3/p+1/t23-,25-/m0/s1. The van der Waals surface area contributed by atoms with Crippen LogP contribution in [-0.4, -0.2) is 141 Å². The molecule has 20 heteroatoms. The fourth-order valence-electron chi connectivity index (χ4n) is 5.34. The number of benzene rings is 1. The van der Waals surface area contributed by atoms with Crippen molar-refractivity contribution >= 4 is 44.1 Å². The smallest absolute Gasteiger partial charge is 0.450 e. The number of rotatable bonds is 15. The molecule has 288 valence electrons. The third kappa shape index (κ3) is 11.9. The van der Waals surface area contributed by atoms with E-state index >= 15 is 0 Å². The fraction of sp³-hybridized carbons (Fsp3) is 0.545. The average Bonchev–Trinajstić information content (AvgIpc) is 3.64. The van der Waals surface area contributed by atoms with E-state index in [4.69, 9.17) is 37.9 Å². The molecule has 1 unspecified atom stereocenters. The molecule has 2 saturated heterocycles. The predicted octanol–water partition coefficient (Wildman–Crippen LogP) is 3.16. The number of ether oxygens (including phenoxy) is 6. The van der Waals surface area contributed by atoms with Gasteiger partial charge in [0, 0.05) is 58.0 Å². The van der Waals surface area contributed by atoms with Crippen LogP contribution in [0.3, 0.4) is 0 Å². The van der Waals surface area contributed by atoms with Gasteiger partial charge in [-0.3, -0.25) is 9.59 Å². The predicted molar refractivity (Wildman–Crippen MR) is 185 cm³/mol. The van der Waals surface area contributed by atoms with Gasteiger partial charge in [-0.05, 0) is 31.8 Å². The number of piperazine rings is 1. The molecule has 2 fully saturated rings. The van der Waals surface area contributed by atoms with Gasteiger partial charge in [0.05, 0.1) is 25.9 Å². The Kier molecular flexibility index (Phi) is 15.5. The number of methoxy groups -OCH3 is 1. The van der Waals surface area contributed by atoms with Crippen LogP contribution in [0, 0.1) is 0 Å². The van der Waals surface area contributed by atoms with Gasteiger partial charge in [0.15, 0.2) is 11.9 Å².